The number of hydrogen-bond acceptors (Lipinski definition) is 7. The van der Waals surface area contributed by atoms with Crippen molar-refractivity contribution in [1.82, 2.24) is 15.1 Å². The fraction of sp³-hybridized carbons (Fsp3) is 0.158. The highest BCUT2D eigenvalue weighted by Gasteiger charge is 2.54. The summed E-state index contributed by atoms with van der Waals surface area (Å²) >= 11 is 1.39. The van der Waals surface area contributed by atoms with Crippen LogP contribution in [0.25, 0.3) is 22.8 Å². The molecular formula is C19H14N4O3S. The largest absolute Gasteiger partial charge is 0.461 e. The molecule has 0 spiro atoms. The van der Waals surface area contributed by atoms with Crippen molar-refractivity contribution < 1.29 is 13.7 Å². The van der Waals surface area contributed by atoms with Gasteiger partial charge in [-0.1, -0.05) is 5.16 Å². The second-order valence-electron chi connectivity index (χ2n) is 6.37. The molecule has 0 atom stereocenters. The van der Waals surface area contributed by atoms with Crippen LogP contribution in [0.5, 0.6) is 0 Å². The second-order valence-corrected chi connectivity index (χ2v) is 7.23. The normalized spacial score (nSPS) is 14.8. The molecule has 0 unspecified atom stereocenters. The molecule has 27 heavy (non-hydrogen) atoms. The molecule has 0 bridgehead atoms. The van der Waals surface area contributed by atoms with Gasteiger partial charge in [0.1, 0.15) is 0 Å². The molecule has 1 N–H and O–H groups in total. The van der Waals surface area contributed by atoms with E-state index in [0.29, 0.717) is 22.3 Å². The van der Waals surface area contributed by atoms with Gasteiger partial charge in [-0.15, -0.1) is 11.3 Å². The summed E-state index contributed by atoms with van der Waals surface area (Å²) in [5, 5.41) is 9.48. The first-order chi connectivity index (χ1) is 13.2. The van der Waals surface area contributed by atoms with E-state index in [9.17, 15) is 4.79 Å². The molecule has 7 nitrogen and oxygen atoms in total. The SMILES string of the molecule is O=C(Nc1nc(-c2cccnc2)cs1)C1(c2cc(-c3ccco3)on2)CC1. The molecule has 4 heterocycles. The van der Waals surface area contributed by atoms with Crippen LogP contribution in [0.3, 0.4) is 0 Å². The molecule has 4 aromatic rings. The van der Waals surface area contributed by atoms with Crippen molar-refractivity contribution in [3.63, 3.8) is 0 Å². The number of anilines is 1. The molecule has 1 amide bonds. The van der Waals surface area contributed by atoms with Crippen molar-refractivity contribution in [2.45, 2.75) is 18.3 Å². The van der Waals surface area contributed by atoms with E-state index in [1.807, 2.05) is 17.5 Å². The maximum Gasteiger partial charge on any atom is 0.238 e. The van der Waals surface area contributed by atoms with E-state index >= 15 is 0 Å². The van der Waals surface area contributed by atoms with Crippen LogP contribution in [0.15, 0.2) is 63.3 Å². The minimum atomic E-state index is -0.658. The second kappa shape index (κ2) is 6.17. The summed E-state index contributed by atoms with van der Waals surface area (Å²) in [6, 6.07) is 9.13. The number of rotatable bonds is 5. The Balaban J connectivity index is 1.35. The number of thiazole rings is 1. The topological polar surface area (TPSA) is 94.1 Å². The highest BCUT2D eigenvalue weighted by molar-refractivity contribution is 7.14. The van der Waals surface area contributed by atoms with Gasteiger partial charge in [0.2, 0.25) is 11.7 Å². The van der Waals surface area contributed by atoms with Crippen molar-refractivity contribution in [2.24, 2.45) is 0 Å². The summed E-state index contributed by atoms with van der Waals surface area (Å²) in [4.78, 5) is 21.5. The Morgan fingerprint density at radius 1 is 1.22 bits per heavy atom. The van der Waals surface area contributed by atoms with Gasteiger partial charge in [0.25, 0.3) is 0 Å². The Morgan fingerprint density at radius 2 is 2.15 bits per heavy atom. The molecule has 0 saturated heterocycles. The number of carbonyl (C=O) groups is 1. The monoisotopic (exact) mass is 378 g/mol. The minimum absolute atomic E-state index is 0.117. The van der Waals surface area contributed by atoms with Gasteiger partial charge >= 0.3 is 0 Å². The maximum absolute atomic E-state index is 12.9. The first kappa shape index (κ1) is 16.0. The number of furan rings is 1. The number of carbonyl (C=O) groups excluding carboxylic acids is 1. The Morgan fingerprint density at radius 3 is 2.89 bits per heavy atom. The third kappa shape index (κ3) is 2.83. The van der Waals surface area contributed by atoms with Crippen LogP contribution >= 0.6 is 11.3 Å². The number of amides is 1. The van der Waals surface area contributed by atoms with Crippen molar-refractivity contribution in [3.05, 3.63) is 60.1 Å². The summed E-state index contributed by atoms with van der Waals surface area (Å²) in [6.45, 7) is 0. The molecule has 1 saturated carbocycles. The van der Waals surface area contributed by atoms with E-state index in [4.69, 9.17) is 8.94 Å². The fourth-order valence-electron chi connectivity index (χ4n) is 2.95. The number of pyridine rings is 1. The van der Waals surface area contributed by atoms with Gasteiger partial charge in [0.15, 0.2) is 10.9 Å². The maximum atomic E-state index is 12.9. The van der Waals surface area contributed by atoms with Crippen molar-refractivity contribution in [2.75, 3.05) is 5.32 Å². The zero-order valence-electron chi connectivity index (χ0n) is 14.1. The van der Waals surface area contributed by atoms with Crippen LogP contribution in [0.4, 0.5) is 5.13 Å². The number of hydrogen-bond donors (Lipinski definition) is 1. The van der Waals surface area contributed by atoms with Crippen molar-refractivity contribution in [3.8, 4) is 22.8 Å². The van der Waals surface area contributed by atoms with Gasteiger partial charge in [-0.25, -0.2) is 4.98 Å². The molecule has 4 aromatic heterocycles. The van der Waals surface area contributed by atoms with E-state index in [-0.39, 0.29) is 5.91 Å². The standard InChI is InChI=1S/C19H14N4O3S/c24-17(22-18-21-13(11-27-18)12-3-1-7-20-10-12)19(5-6-19)16-9-15(26-23-16)14-4-2-8-25-14/h1-4,7-11H,5-6H2,(H,21,22,24). The van der Waals surface area contributed by atoms with Crippen molar-refractivity contribution in [1.29, 1.82) is 0 Å². The molecule has 1 aliphatic carbocycles. The highest BCUT2D eigenvalue weighted by Crippen LogP contribution is 2.49. The Bertz CT molecular complexity index is 1080. The van der Waals surface area contributed by atoms with Crippen LogP contribution in [0.1, 0.15) is 18.5 Å². The Kier molecular flexibility index (Phi) is 3.64. The minimum Gasteiger partial charge on any atom is -0.461 e. The third-order valence-electron chi connectivity index (χ3n) is 4.63. The number of aromatic nitrogens is 3. The van der Waals surface area contributed by atoms with E-state index < -0.39 is 5.41 Å². The lowest BCUT2D eigenvalue weighted by atomic mass is 10.0. The van der Waals surface area contributed by atoms with Crippen molar-refractivity contribution >= 4 is 22.4 Å². The lowest BCUT2D eigenvalue weighted by Crippen LogP contribution is -2.28. The molecule has 0 aromatic carbocycles. The van der Waals surface area contributed by atoms with Crippen LogP contribution in [0.2, 0.25) is 0 Å². The third-order valence-corrected chi connectivity index (χ3v) is 5.39. The predicted molar refractivity (Wildman–Crippen MR) is 99.1 cm³/mol. The zero-order chi connectivity index (χ0) is 18.3. The van der Waals surface area contributed by atoms with Crippen LogP contribution in [-0.4, -0.2) is 21.0 Å². The van der Waals surface area contributed by atoms with Crippen LogP contribution in [-0.2, 0) is 10.2 Å². The Hall–Kier alpha value is -3.26. The van der Waals surface area contributed by atoms with Gasteiger partial charge in [0, 0.05) is 29.4 Å². The molecule has 8 heteroatoms. The van der Waals surface area contributed by atoms with Crippen LogP contribution < -0.4 is 5.32 Å². The van der Waals surface area contributed by atoms with Gasteiger partial charge in [0.05, 0.1) is 23.1 Å². The Labute approximate surface area is 158 Å². The first-order valence-electron chi connectivity index (χ1n) is 8.43. The highest BCUT2D eigenvalue weighted by atomic mass is 32.1. The van der Waals surface area contributed by atoms with Crippen LogP contribution in [0, 0.1) is 0 Å². The summed E-state index contributed by atoms with van der Waals surface area (Å²) in [5.41, 5.74) is 1.66. The van der Waals surface area contributed by atoms with Gasteiger partial charge in [-0.3, -0.25) is 9.78 Å². The molecular weight excluding hydrogens is 364 g/mol. The predicted octanol–water partition coefficient (Wildman–Crippen LogP) is 4.12. The number of nitrogens with one attached hydrogen (secondary N) is 1. The average molecular weight is 378 g/mol. The zero-order valence-corrected chi connectivity index (χ0v) is 14.9. The molecule has 0 aliphatic heterocycles. The fourth-order valence-corrected chi connectivity index (χ4v) is 3.67. The lowest BCUT2D eigenvalue weighted by molar-refractivity contribution is -0.118. The lowest BCUT2D eigenvalue weighted by Gasteiger charge is -2.10. The van der Waals surface area contributed by atoms with Gasteiger partial charge in [-0.2, -0.15) is 0 Å². The molecule has 134 valence electrons. The van der Waals surface area contributed by atoms with E-state index in [1.165, 1.54) is 11.3 Å². The molecule has 5 rings (SSSR count). The first-order valence-corrected chi connectivity index (χ1v) is 9.31. The van der Waals surface area contributed by atoms with E-state index in [1.54, 1.807) is 36.9 Å². The smallest absolute Gasteiger partial charge is 0.238 e. The summed E-state index contributed by atoms with van der Waals surface area (Å²) in [6.07, 6.45) is 6.48. The quantitative estimate of drug-likeness (QED) is 0.561. The van der Waals surface area contributed by atoms with Gasteiger partial charge in [-0.05, 0) is 37.1 Å². The summed E-state index contributed by atoms with van der Waals surface area (Å²) < 4.78 is 10.7. The molecule has 0 radical (unpaired) electrons. The average Bonchev–Trinajstić information content (AvgIpc) is 3.13. The summed E-state index contributed by atoms with van der Waals surface area (Å²) in [7, 11) is 0. The molecule has 1 aliphatic rings. The number of nitrogens with zero attached hydrogens (tertiary/aromatic N) is 3. The van der Waals surface area contributed by atoms with E-state index in [2.05, 4.69) is 20.4 Å². The van der Waals surface area contributed by atoms with Gasteiger partial charge < -0.3 is 14.3 Å². The van der Waals surface area contributed by atoms with E-state index in [0.717, 1.165) is 24.1 Å². The summed E-state index contributed by atoms with van der Waals surface area (Å²) in [5.74, 6) is 0.988. The molecule has 1 fully saturated rings.